The van der Waals surface area contributed by atoms with Crippen LogP contribution in [0, 0.1) is 0 Å². The van der Waals surface area contributed by atoms with Gasteiger partial charge in [-0.2, -0.15) is 5.10 Å². The zero-order valence-electron chi connectivity index (χ0n) is 7.94. The molecule has 1 saturated carbocycles. The maximum Gasteiger partial charge on any atom is 0.271 e. The van der Waals surface area contributed by atoms with Crippen LogP contribution in [0.5, 0.6) is 0 Å². The quantitative estimate of drug-likeness (QED) is 0.725. The van der Waals surface area contributed by atoms with Crippen LogP contribution in [0.25, 0.3) is 0 Å². The van der Waals surface area contributed by atoms with Gasteiger partial charge in [-0.05, 0) is 12.8 Å². The van der Waals surface area contributed by atoms with Crippen molar-refractivity contribution in [3.63, 3.8) is 0 Å². The van der Waals surface area contributed by atoms with Crippen LogP contribution in [0.3, 0.4) is 0 Å². The maximum atomic E-state index is 10.9. The summed E-state index contributed by atoms with van der Waals surface area (Å²) in [5.41, 5.74) is 11.3. The Morgan fingerprint density at radius 3 is 2.64 bits per heavy atom. The van der Waals surface area contributed by atoms with Crippen LogP contribution in [0.15, 0.2) is 6.20 Å². The number of nitrogens with zero attached hydrogens (tertiary/aromatic N) is 2. The van der Waals surface area contributed by atoms with Crippen molar-refractivity contribution in [3.05, 3.63) is 11.9 Å². The number of primary amides is 1. The third kappa shape index (κ3) is 1.45. The van der Waals surface area contributed by atoms with Crippen molar-refractivity contribution in [2.24, 2.45) is 5.73 Å². The Morgan fingerprint density at radius 2 is 2.14 bits per heavy atom. The van der Waals surface area contributed by atoms with Crippen molar-refractivity contribution in [3.8, 4) is 0 Å². The van der Waals surface area contributed by atoms with E-state index in [0.29, 0.717) is 11.7 Å². The van der Waals surface area contributed by atoms with Crippen molar-refractivity contribution in [1.82, 2.24) is 9.78 Å². The van der Waals surface area contributed by atoms with Gasteiger partial charge >= 0.3 is 0 Å². The monoisotopic (exact) mass is 194 g/mol. The SMILES string of the molecule is NC(=O)c1nn(C2CCCC2)cc1N. The first kappa shape index (κ1) is 9.05. The maximum absolute atomic E-state index is 10.9. The van der Waals surface area contributed by atoms with E-state index in [1.165, 1.54) is 12.8 Å². The molecule has 0 spiro atoms. The van der Waals surface area contributed by atoms with Gasteiger partial charge in [0.15, 0.2) is 5.69 Å². The highest BCUT2D eigenvalue weighted by molar-refractivity contribution is 5.95. The average Bonchev–Trinajstić information content (AvgIpc) is 2.70. The summed E-state index contributed by atoms with van der Waals surface area (Å²) in [6.07, 6.45) is 6.36. The molecule has 5 nitrogen and oxygen atoms in total. The molecule has 0 aromatic carbocycles. The summed E-state index contributed by atoms with van der Waals surface area (Å²) < 4.78 is 1.78. The summed E-state index contributed by atoms with van der Waals surface area (Å²) in [6.45, 7) is 0. The van der Waals surface area contributed by atoms with Crippen LogP contribution in [0.1, 0.15) is 42.2 Å². The van der Waals surface area contributed by atoms with Crippen LogP contribution in [0.4, 0.5) is 5.69 Å². The molecule has 1 aromatic rings. The molecule has 0 bridgehead atoms. The Bertz CT molecular complexity index is 352. The zero-order chi connectivity index (χ0) is 10.1. The van der Waals surface area contributed by atoms with Crippen LogP contribution in [-0.2, 0) is 0 Å². The molecular weight excluding hydrogens is 180 g/mol. The summed E-state index contributed by atoms with van der Waals surface area (Å²) in [4.78, 5) is 10.9. The third-order valence-corrected chi connectivity index (χ3v) is 2.69. The second-order valence-corrected chi connectivity index (χ2v) is 3.72. The molecule has 76 valence electrons. The molecule has 5 heteroatoms. The fraction of sp³-hybridized carbons (Fsp3) is 0.556. The number of hydrogen-bond donors (Lipinski definition) is 2. The third-order valence-electron chi connectivity index (χ3n) is 2.69. The molecule has 1 heterocycles. The van der Waals surface area contributed by atoms with Gasteiger partial charge in [-0.1, -0.05) is 12.8 Å². The molecule has 0 radical (unpaired) electrons. The standard InChI is InChI=1S/C9H14N4O/c10-7-5-13(6-3-1-2-4-6)12-8(7)9(11)14/h5-6H,1-4,10H2,(H2,11,14). The number of amides is 1. The topological polar surface area (TPSA) is 86.9 Å². The van der Waals surface area contributed by atoms with E-state index in [9.17, 15) is 4.79 Å². The van der Waals surface area contributed by atoms with E-state index >= 15 is 0 Å². The molecule has 14 heavy (non-hydrogen) atoms. The molecule has 1 aromatic heterocycles. The molecule has 1 aliphatic rings. The number of rotatable bonds is 2. The average molecular weight is 194 g/mol. The molecule has 2 rings (SSSR count). The summed E-state index contributed by atoms with van der Waals surface area (Å²) in [5.74, 6) is -0.556. The minimum atomic E-state index is -0.556. The van der Waals surface area contributed by atoms with E-state index in [-0.39, 0.29) is 5.69 Å². The van der Waals surface area contributed by atoms with Gasteiger partial charge in [0.25, 0.3) is 5.91 Å². The van der Waals surface area contributed by atoms with Crippen molar-refractivity contribution < 1.29 is 4.79 Å². The van der Waals surface area contributed by atoms with Gasteiger partial charge < -0.3 is 11.5 Å². The summed E-state index contributed by atoms with van der Waals surface area (Å²) in [6, 6.07) is 0.394. The Balaban J connectivity index is 2.27. The Kier molecular flexibility index (Phi) is 2.15. The van der Waals surface area contributed by atoms with Crippen LogP contribution in [0.2, 0.25) is 0 Å². The van der Waals surface area contributed by atoms with E-state index in [1.807, 2.05) is 0 Å². The minimum absolute atomic E-state index is 0.192. The van der Waals surface area contributed by atoms with E-state index in [1.54, 1.807) is 10.9 Å². The van der Waals surface area contributed by atoms with Gasteiger partial charge in [0.2, 0.25) is 0 Å². The van der Waals surface area contributed by atoms with E-state index in [4.69, 9.17) is 11.5 Å². The van der Waals surface area contributed by atoms with Crippen molar-refractivity contribution in [1.29, 1.82) is 0 Å². The molecule has 4 N–H and O–H groups in total. The fourth-order valence-electron chi connectivity index (χ4n) is 1.95. The van der Waals surface area contributed by atoms with Crippen LogP contribution >= 0.6 is 0 Å². The minimum Gasteiger partial charge on any atom is -0.396 e. The lowest BCUT2D eigenvalue weighted by Gasteiger charge is -2.08. The van der Waals surface area contributed by atoms with E-state index in [0.717, 1.165) is 12.8 Å². The second kappa shape index (κ2) is 3.32. The molecular formula is C9H14N4O. The number of nitrogen functional groups attached to an aromatic ring is 1. The zero-order valence-corrected chi connectivity index (χ0v) is 7.94. The normalized spacial score (nSPS) is 17.4. The summed E-state index contributed by atoms with van der Waals surface area (Å²) >= 11 is 0. The Hall–Kier alpha value is -1.52. The van der Waals surface area contributed by atoms with Crippen LogP contribution < -0.4 is 11.5 Å². The van der Waals surface area contributed by atoms with Gasteiger partial charge in [0.05, 0.1) is 11.7 Å². The highest BCUT2D eigenvalue weighted by Gasteiger charge is 2.20. The largest absolute Gasteiger partial charge is 0.396 e. The Labute approximate surface area is 82.1 Å². The molecule has 1 aliphatic carbocycles. The highest BCUT2D eigenvalue weighted by atomic mass is 16.1. The lowest BCUT2D eigenvalue weighted by molar-refractivity contribution is 0.0995. The molecule has 1 amide bonds. The van der Waals surface area contributed by atoms with Gasteiger partial charge in [0, 0.05) is 6.20 Å². The van der Waals surface area contributed by atoms with Gasteiger partial charge in [0.1, 0.15) is 0 Å². The fourth-order valence-corrected chi connectivity index (χ4v) is 1.95. The summed E-state index contributed by atoms with van der Waals surface area (Å²) in [5, 5.41) is 4.11. The number of anilines is 1. The lowest BCUT2D eigenvalue weighted by atomic mass is 10.3. The first-order valence-corrected chi connectivity index (χ1v) is 4.83. The predicted octanol–water partition coefficient (Wildman–Crippen LogP) is 0.679. The van der Waals surface area contributed by atoms with Crippen LogP contribution in [-0.4, -0.2) is 15.7 Å². The van der Waals surface area contributed by atoms with Gasteiger partial charge in [-0.25, -0.2) is 0 Å². The first-order chi connectivity index (χ1) is 6.68. The first-order valence-electron chi connectivity index (χ1n) is 4.83. The molecule has 0 unspecified atom stereocenters. The Morgan fingerprint density at radius 1 is 1.50 bits per heavy atom. The number of carbonyl (C=O) groups excluding carboxylic acids is 1. The predicted molar refractivity (Wildman–Crippen MR) is 52.7 cm³/mol. The molecule has 1 fully saturated rings. The molecule has 0 atom stereocenters. The lowest BCUT2D eigenvalue weighted by Crippen LogP contribution is -2.14. The van der Waals surface area contributed by atoms with Crippen molar-refractivity contribution in [2.45, 2.75) is 31.7 Å². The van der Waals surface area contributed by atoms with Crippen molar-refractivity contribution in [2.75, 3.05) is 5.73 Å². The summed E-state index contributed by atoms with van der Waals surface area (Å²) in [7, 11) is 0. The second-order valence-electron chi connectivity index (χ2n) is 3.72. The number of aromatic nitrogens is 2. The highest BCUT2D eigenvalue weighted by Crippen LogP contribution is 2.29. The van der Waals surface area contributed by atoms with E-state index < -0.39 is 5.91 Å². The molecule has 0 aliphatic heterocycles. The van der Waals surface area contributed by atoms with Gasteiger partial charge in [-0.15, -0.1) is 0 Å². The smallest absolute Gasteiger partial charge is 0.271 e. The molecule has 0 saturated heterocycles. The number of hydrogen-bond acceptors (Lipinski definition) is 3. The van der Waals surface area contributed by atoms with Gasteiger partial charge in [-0.3, -0.25) is 9.48 Å². The van der Waals surface area contributed by atoms with Crippen molar-refractivity contribution >= 4 is 11.6 Å². The number of nitrogens with two attached hydrogens (primary N) is 2. The number of carbonyl (C=O) groups is 1. The van der Waals surface area contributed by atoms with E-state index in [2.05, 4.69) is 5.10 Å².